The average molecular weight is 111 g/mol. The number of rotatable bonds is 3. The molecule has 0 spiro atoms. The lowest BCUT2D eigenvalue weighted by Crippen LogP contribution is -1.92. The largest absolute Gasteiger partial charge is 0.298 e. The van der Waals surface area contributed by atoms with Gasteiger partial charge in [0.25, 0.3) is 0 Å². The molecule has 0 aromatic rings. The summed E-state index contributed by atoms with van der Waals surface area (Å²) in [5.74, 6) is 0. The van der Waals surface area contributed by atoms with Crippen molar-refractivity contribution in [2.45, 2.75) is 26.3 Å². The predicted molar refractivity (Wildman–Crippen MR) is 38.4 cm³/mol. The van der Waals surface area contributed by atoms with Crippen LogP contribution in [-0.2, 0) is 0 Å². The maximum atomic E-state index is 3.82. The highest BCUT2D eigenvalue weighted by Gasteiger charge is 1.88. The highest BCUT2D eigenvalue weighted by molar-refractivity contribution is 5.24. The van der Waals surface area contributed by atoms with E-state index in [0.717, 1.165) is 6.42 Å². The van der Waals surface area contributed by atoms with Gasteiger partial charge in [0.15, 0.2) is 0 Å². The zero-order valence-electron chi connectivity index (χ0n) is 5.59. The summed E-state index contributed by atoms with van der Waals surface area (Å²) >= 11 is 0. The van der Waals surface area contributed by atoms with Gasteiger partial charge in [0.05, 0.1) is 0 Å². The van der Waals surface area contributed by atoms with Crippen LogP contribution in [-0.4, -0.2) is 12.8 Å². The van der Waals surface area contributed by atoms with Crippen LogP contribution in [0.3, 0.4) is 0 Å². The Morgan fingerprint density at radius 1 is 1.75 bits per heavy atom. The van der Waals surface area contributed by atoms with Gasteiger partial charge in [-0.2, -0.15) is 0 Å². The van der Waals surface area contributed by atoms with E-state index in [4.69, 9.17) is 0 Å². The fourth-order valence-electron chi connectivity index (χ4n) is 0.408. The number of aliphatic imine (C=N–C) groups is 1. The number of hydrogen-bond acceptors (Lipinski definition) is 1. The minimum absolute atomic E-state index is 0.381. The number of nitrogens with zero attached hydrogens (tertiary/aromatic N) is 1. The maximum Gasteiger partial charge on any atom is 0.0498 e. The first-order valence-electron chi connectivity index (χ1n) is 2.88. The summed E-state index contributed by atoms with van der Waals surface area (Å²) in [5.41, 5.74) is 0. The number of hydrogen-bond donors (Lipinski definition) is 0. The molecule has 0 saturated carbocycles. The Hall–Kier alpha value is -0.590. The van der Waals surface area contributed by atoms with Crippen molar-refractivity contribution in [2.75, 3.05) is 0 Å². The fourth-order valence-corrected chi connectivity index (χ4v) is 0.408. The lowest BCUT2D eigenvalue weighted by atomic mass is 10.2. The Morgan fingerprint density at radius 3 is 2.75 bits per heavy atom. The van der Waals surface area contributed by atoms with Crippen molar-refractivity contribution >= 4 is 6.72 Å². The first-order valence-corrected chi connectivity index (χ1v) is 2.88. The van der Waals surface area contributed by atoms with Crippen molar-refractivity contribution < 1.29 is 0 Å². The third-order valence-corrected chi connectivity index (χ3v) is 1.02. The summed E-state index contributed by atoms with van der Waals surface area (Å²) in [4.78, 5) is 3.82. The van der Waals surface area contributed by atoms with Gasteiger partial charge < -0.3 is 0 Å². The Morgan fingerprint density at radius 2 is 2.38 bits per heavy atom. The molecular weight excluding hydrogens is 98.1 g/mol. The molecule has 46 valence electrons. The number of allylic oxidation sites excluding steroid dienone is 1. The van der Waals surface area contributed by atoms with Crippen molar-refractivity contribution in [3.8, 4) is 0 Å². The Labute approximate surface area is 51.1 Å². The van der Waals surface area contributed by atoms with Crippen molar-refractivity contribution in [3.63, 3.8) is 0 Å². The van der Waals surface area contributed by atoms with Gasteiger partial charge in [0.1, 0.15) is 0 Å². The molecule has 0 aromatic heterocycles. The molecule has 0 saturated heterocycles. The molecule has 1 nitrogen and oxygen atoms in total. The van der Waals surface area contributed by atoms with E-state index in [1.165, 1.54) is 0 Å². The predicted octanol–water partition coefficient (Wildman–Crippen LogP) is 2.04. The Bertz CT molecular complexity index is 84.4. The highest BCUT2D eigenvalue weighted by atomic mass is 14.7. The van der Waals surface area contributed by atoms with Crippen LogP contribution in [0.4, 0.5) is 0 Å². The lowest BCUT2D eigenvalue weighted by Gasteiger charge is -1.96. The normalized spacial score (nSPS) is 14.2. The standard InChI is InChI=1S/C7H13N/c1-4-5-6-7(2)8-3/h4-5,7H,3,6H2,1-2H3/b5-4+/t7-/m0/s1. The molecule has 8 heavy (non-hydrogen) atoms. The molecule has 0 amide bonds. The van der Waals surface area contributed by atoms with E-state index in [9.17, 15) is 0 Å². The monoisotopic (exact) mass is 111 g/mol. The molecule has 0 aromatic carbocycles. The van der Waals surface area contributed by atoms with Crippen LogP contribution in [0.1, 0.15) is 20.3 Å². The SMILES string of the molecule is C=N[C@@H](C)C/C=C/C. The molecule has 1 atom stereocenters. The topological polar surface area (TPSA) is 12.4 Å². The summed E-state index contributed by atoms with van der Waals surface area (Å²) in [7, 11) is 0. The second-order valence-corrected chi connectivity index (χ2v) is 1.84. The van der Waals surface area contributed by atoms with Gasteiger partial charge in [-0.3, -0.25) is 4.99 Å². The quantitative estimate of drug-likeness (QED) is 0.390. The van der Waals surface area contributed by atoms with Gasteiger partial charge >= 0.3 is 0 Å². The van der Waals surface area contributed by atoms with Crippen LogP contribution in [0.5, 0.6) is 0 Å². The zero-order valence-corrected chi connectivity index (χ0v) is 5.59. The molecule has 0 aliphatic heterocycles. The second kappa shape index (κ2) is 4.57. The summed E-state index contributed by atoms with van der Waals surface area (Å²) in [5, 5.41) is 0. The first kappa shape index (κ1) is 7.41. The summed E-state index contributed by atoms with van der Waals surface area (Å²) in [6.07, 6.45) is 5.14. The van der Waals surface area contributed by atoms with Gasteiger partial charge in [-0.1, -0.05) is 12.2 Å². The lowest BCUT2D eigenvalue weighted by molar-refractivity contribution is 0.765. The van der Waals surface area contributed by atoms with Gasteiger partial charge in [0, 0.05) is 6.04 Å². The molecule has 0 rings (SSSR count). The minimum Gasteiger partial charge on any atom is -0.298 e. The van der Waals surface area contributed by atoms with Crippen LogP contribution in [0.15, 0.2) is 17.1 Å². The first-order chi connectivity index (χ1) is 3.81. The van der Waals surface area contributed by atoms with Crippen LogP contribution in [0.25, 0.3) is 0 Å². The maximum absolute atomic E-state index is 3.82. The molecule has 0 fully saturated rings. The molecule has 0 radical (unpaired) electrons. The van der Waals surface area contributed by atoms with Gasteiger partial charge in [-0.15, -0.1) is 0 Å². The summed E-state index contributed by atoms with van der Waals surface area (Å²) in [6, 6.07) is 0.381. The molecule has 0 heterocycles. The van der Waals surface area contributed by atoms with Crippen LogP contribution in [0, 0.1) is 0 Å². The van der Waals surface area contributed by atoms with Crippen molar-refractivity contribution in [1.82, 2.24) is 0 Å². The molecule has 1 heteroatoms. The fraction of sp³-hybridized carbons (Fsp3) is 0.571. The third-order valence-electron chi connectivity index (χ3n) is 1.02. The van der Waals surface area contributed by atoms with Crippen LogP contribution >= 0.6 is 0 Å². The minimum atomic E-state index is 0.381. The average Bonchev–Trinajstić information content (AvgIpc) is 1.83. The van der Waals surface area contributed by atoms with E-state index in [2.05, 4.69) is 17.8 Å². The molecular formula is C7H13N. The van der Waals surface area contributed by atoms with Crippen molar-refractivity contribution in [2.24, 2.45) is 4.99 Å². The zero-order chi connectivity index (χ0) is 6.41. The summed E-state index contributed by atoms with van der Waals surface area (Å²) in [6.45, 7) is 7.49. The van der Waals surface area contributed by atoms with E-state index in [1.807, 2.05) is 19.9 Å². The summed E-state index contributed by atoms with van der Waals surface area (Å²) < 4.78 is 0. The van der Waals surface area contributed by atoms with E-state index >= 15 is 0 Å². The van der Waals surface area contributed by atoms with Gasteiger partial charge in [0.2, 0.25) is 0 Å². The highest BCUT2D eigenvalue weighted by Crippen LogP contribution is 1.94. The molecule has 0 aliphatic carbocycles. The van der Waals surface area contributed by atoms with Gasteiger partial charge in [-0.05, 0) is 27.0 Å². The Kier molecular flexibility index (Phi) is 4.23. The second-order valence-electron chi connectivity index (χ2n) is 1.84. The van der Waals surface area contributed by atoms with E-state index in [1.54, 1.807) is 0 Å². The van der Waals surface area contributed by atoms with Crippen molar-refractivity contribution in [3.05, 3.63) is 12.2 Å². The Balaban J connectivity index is 3.23. The smallest absolute Gasteiger partial charge is 0.0498 e. The van der Waals surface area contributed by atoms with Gasteiger partial charge in [-0.25, -0.2) is 0 Å². The third kappa shape index (κ3) is 3.59. The van der Waals surface area contributed by atoms with E-state index < -0.39 is 0 Å². The van der Waals surface area contributed by atoms with Crippen LogP contribution < -0.4 is 0 Å². The molecule has 0 unspecified atom stereocenters. The molecule has 0 aliphatic rings. The van der Waals surface area contributed by atoms with E-state index in [0.29, 0.717) is 6.04 Å². The van der Waals surface area contributed by atoms with Crippen molar-refractivity contribution in [1.29, 1.82) is 0 Å². The molecule has 0 N–H and O–H groups in total. The van der Waals surface area contributed by atoms with E-state index in [-0.39, 0.29) is 0 Å². The van der Waals surface area contributed by atoms with Crippen LogP contribution in [0.2, 0.25) is 0 Å². The molecule has 0 bridgehead atoms.